The Morgan fingerprint density at radius 1 is 0.800 bits per heavy atom. The second kappa shape index (κ2) is 16.1. The molecule has 0 aromatic rings. The number of hydrogen-bond donors (Lipinski definition) is 2. The summed E-state index contributed by atoms with van der Waals surface area (Å²) in [7, 11) is -4.67. The van der Waals surface area contributed by atoms with E-state index in [0.717, 1.165) is 0 Å². The van der Waals surface area contributed by atoms with E-state index in [2.05, 4.69) is 0 Å². The quantitative estimate of drug-likeness (QED) is 0.469. The van der Waals surface area contributed by atoms with E-state index in [1.165, 1.54) is 0 Å². The maximum Gasteiger partial charge on any atom is 2.00 e. The Morgan fingerprint density at radius 3 is 0.800 bits per heavy atom. The topological polar surface area (TPSA) is 209 Å². The SMILES string of the molecule is O=S(=O)(O)O.[Cu+2].[NH2-].[NH2-].[NH2-].[NH2-]. The van der Waals surface area contributed by atoms with Gasteiger partial charge in [-0.2, -0.15) is 8.42 Å². The molecule has 0 saturated carbocycles. The van der Waals surface area contributed by atoms with Gasteiger partial charge in [0, 0.05) is 0 Å². The molecule has 1 radical (unpaired) electrons. The van der Waals surface area contributed by atoms with Crippen LogP contribution in [0.3, 0.4) is 0 Å². The van der Waals surface area contributed by atoms with Crippen LogP contribution in [0.1, 0.15) is 0 Å². The van der Waals surface area contributed by atoms with Gasteiger partial charge in [0.2, 0.25) is 0 Å². The molecule has 0 spiro atoms. The summed E-state index contributed by atoms with van der Waals surface area (Å²) < 4.78 is 31.6. The van der Waals surface area contributed by atoms with Crippen molar-refractivity contribution in [1.82, 2.24) is 0 Å². The molecule has 0 aliphatic carbocycles. The van der Waals surface area contributed by atoms with Crippen LogP contribution in [0, 0.1) is 0 Å². The third kappa shape index (κ3) is 8170. The van der Waals surface area contributed by atoms with Gasteiger partial charge in [0.1, 0.15) is 0 Å². The Bertz CT molecular complexity index is 100. The zero-order valence-corrected chi connectivity index (χ0v) is 6.49. The van der Waals surface area contributed by atoms with Gasteiger partial charge in [0.05, 0.1) is 0 Å². The first-order valence-corrected chi connectivity index (χ1v) is 2.10. The Kier molecular flexibility index (Phi) is 78.5. The van der Waals surface area contributed by atoms with Crippen LogP contribution in [0.25, 0.3) is 24.6 Å². The van der Waals surface area contributed by atoms with E-state index < -0.39 is 10.4 Å². The summed E-state index contributed by atoms with van der Waals surface area (Å²) >= 11 is 0. The number of hydrogen-bond acceptors (Lipinski definition) is 2. The third-order valence-electron chi connectivity index (χ3n) is 0. The van der Waals surface area contributed by atoms with Crippen LogP contribution >= 0.6 is 0 Å². The predicted octanol–water partition coefficient (Wildman–Crippen LogP) is 2.21. The minimum atomic E-state index is -4.67. The van der Waals surface area contributed by atoms with Gasteiger partial charge in [0.25, 0.3) is 0 Å². The smallest absolute Gasteiger partial charge is 0.693 e. The van der Waals surface area contributed by atoms with Crippen LogP contribution in [0.4, 0.5) is 0 Å². The van der Waals surface area contributed by atoms with E-state index >= 15 is 0 Å². The van der Waals surface area contributed by atoms with E-state index in [4.69, 9.17) is 17.5 Å². The molecule has 0 fully saturated rings. The molecule has 0 aromatic heterocycles. The van der Waals surface area contributed by atoms with Gasteiger partial charge in [-0.1, -0.05) is 0 Å². The molecule has 10 N–H and O–H groups in total. The largest absolute Gasteiger partial charge is 2.00 e. The average Bonchev–Trinajstić information content (AvgIpc) is 0.722. The van der Waals surface area contributed by atoms with Crippen molar-refractivity contribution in [1.29, 1.82) is 0 Å². The van der Waals surface area contributed by atoms with Gasteiger partial charge in [0.15, 0.2) is 0 Å². The first-order valence-electron chi connectivity index (χ1n) is 0.698. The van der Waals surface area contributed by atoms with Crippen LogP contribution in [-0.2, 0) is 27.5 Å². The minimum absolute atomic E-state index is 0. The summed E-state index contributed by atoms with van der Waals surface area (Å²) in [5, 5.41) is 0. The molecule has 0 aliphatic rings. The fraction of sp³-hybridized carbons (Fsp3) is 0. The van der Waals surface area contributed by atoms with Crippen molar-refractivity contribution < 1.29 is 34.6 Å². The monoisotopic (exact) mass is 225 g/mol. The van der Waals surface area contributed by atoms with Crippen LogP contribution in [0.2, 0.25) is 0 Å². The van der Waals surface area contributed by atoms with Crippen LogP contribution in [-0.4, -0.2) is 17.5 Å². The maximum absolute atomic E-state index is 8.74. The standard InChI is InChI=1S/Cu.4H2N.H2O4S/c;;;;;1-5(2,3)4/h;4*1H2;(H2,1,2,3,4)/q+2;4*-1;. The molecule has 0 amide bonds. The summed E-state index contributed by atoms with van der Waals surface area (Å²) in [6.45, 7) is 0. The molecule has 10 heavy (non-hydrogen) atoms. The van der Waals surface area contributed by atoms with E-state index in [1.807, 2.05) is 0 Å². The first kappa shape index (κ1) is 48.7. The van der Waals surface area contributed by atoms with Gasteiger partial charge in [-0.05, 0) is 0 Å². The summed E-state index contributed by atoms with van der Waals surface area (Å²) in [6, 6.07) is 0. The molecule has 0 atom stereocenters. The van der Waals surface area contributed by atoms with E-state index in [-0.39, 0.29) is 41.7 Å². The second-order valence-corrected chi connectivity index (χ2v) is 1.34. The fourth-order valence-electron chi connectivity index (χ4n) is 0. The molecular weight excluding hydrogens is 216 g/mol. The van der Waals surface area contributed by atoms with E-state index in [0.29, 0.717) is 0 Å². The van der Waals surface area contributed by atoms with Gasteiger partial charge < -0.3 is 24.6 Å². The molecule has 0 aliphatic heterocycles. The average molecular weight is 226 g/mol. The van der Waals surface area contributed by atoms with Crippen LogP contribution in [0.5, 0.6) is 0 Å². The molecule has 0 heterocycles. The van der Waals surface area contributed by atoms with Crippen molar-refractivity contribution in [3.05, 3.63) is 24.6 Å². The molecule has 8 nitrogen and oxygen atoms in total. The van der Waals surface area contributed by atoms with Crippen molar-refractivity contribution in [2.75, 3.05) is 0 Å². The number of rotatable bonds is 0. The van der Waals surface area contributed by atoms with E-state index in [9.17, 15) is 0 Å². The Balaban J connectivity index is -0.00000000800. The molecule has 10 heteroatoms. The maximum atomic E-state index is 8.74. The van der Waals surface area contributed by atoms with Crippen LogP contribution in [0.15, 0.2) is 0 Å². The summed E-state index contributed by atoms with van der Waals surface area (Å²) in [5.41, 5.74) is 0. The summed E-state index contributed by atoms with van der Waals surface area (Å²) in [5.74, 6) is 0. The van der Waals surface area contributed by atoms with E-state index in [1.54, 1.807) is 0 Å². The van der Waals surface area contributed by atoms with Crippen molar-refractivity contribution in [3.63, 3.8) is 0 Å². The number of nitrogens with two attached hydrogens (primary N) is 4. The van der Waals surface area contributed by atoms with Crippen LogP contribution < -0.4 is 0 Å². The third-order valence-corrected chi connectivity index (χ3v) is 0. The van der Waals surface area contributed by atoms with Gasteiger partial charge >= 0.3 is 27.5 Å². The minimum Gasteiger partial charge on any atom is -0.693 e. The zero-order valence-electron chi connectivity index (χ0n) is 4.73. The predicted molar refractivity (Wildman–Crippen MR) is 35.3 cm³/mol. The van der Waals surface area contributed by atoms with Gasteiger partial charge in [-0.25, -0.2) is 0 Å². The molecule has 0 saturated heterocycles. The Morgan fingerprint density at radius 2 is 0.800 bits per heavy atom. The first-order chi connectivity index (χ1) is 2.00. The summed E-state index contributed by atoms with van der Waals surface area (Å²) in [6.07, 6.45) is 0. The normalized spacial score (nSPS) is 5.80. The molecule has 73 valence electrons. The van der Waals surface area contributed by atoms with Crippen molar-refractivity contribution >= 4 is 10.4 Å². The molecule has 0 bridgehead atoms. The summed E-state index contributed by atoms with van der Waals surface area (Å²) in [4.78, 5) is 0. The fourth-order valence-corrected chi connectivity index (χ4v) is 0. The molecular formula is H10CuN4O4S-2. The van der Waals surface area contributed by atoms with Crippen molar-refractivity contribution in [2.45, 2.75) is 0 Å². The molecule has 0 unspecified atom stereocenters. The zero-order chi connectivity index (χ0) is 4.50. The Hall–Kier alpha value is 0.229. The van der Waals surface area contributed by atoms with Gasteiger partial charge in [-0.15, -0.1) is 0 Å². The Labute approximate surface area is 70.1 Å². The van der Waals surface area contributed by atoms with Gasteiger partial charge in [-0.3, -0.25) is 9.11 Å². The molecule has 0 rings (SSSR count). The van der Waals surface area contributed by atoms with Crippen molar-refractivity contribution in [2.24, 2.45) is 0 Å². The van der Waals surface area contributed by atoms with Crippen molar-refractivity contribution in [3.8, 4) is 0 Å². The second-order valence-electron chi connectivity index (χ2n) is 0.448. The molecule has 0 aromatic carbocycles.